The van der Waals surface area contributed by atoms with Gasteiger partial charge in [0.15, 0.2) is 0 Å². The minimum Gasteiger partial charge on any atom is -0.495 e. The number of methoxy groups -OCH3 is 1. The Morgan fingerprint density at radius 2 is 2.14 bits per heavy atom. The molecule has 0 unspecified atom stereocenters. The molecule has 1 aromatic carbocycles. The van der Waals surface area contributed by atoms with E-state index in [1.54, 1.807) is 7.11 Å². The number of aliphatic hydroxyl groups excluding tert-OH is 1. The molecule has 1 rings (SSSR count). The number of halogens is 1. The summed E-state index contributed by atoms with van der Waals surface area (Å²) in [6.45, 7) is 0.254. The van der Waals surface area contributed by atoms with Crippen molar-refractivity contribution in [3.05, 3.63) is 28.8 Å². The topological polar surface area (TPSA) is 29.5 Å². The minimum absolute atomic E-state index is 0.254. The molecule has 0 heterocycles. The first-order valence-electron chi connectivity index (χ1n) is 4.71. The van der Waals surface area contributed by atoms with E-state index in [1.807, 2.05) is 18.2 Å². The van der Waals surface area contributed by atoms with Crippen LogP contribution in [0.2, 0.25) is 5.02 Å². The number of unbranched alkanes of at least 4 members (excludes halogenated alkanes) is 1. The van der Waals surface area contributed by atoms with Gasteiger partial charge in [0.2, 0.25) is 0 Å². The van der Waals surface area contributed by atoms with E-state index >= 15 is 0 Å². The molecule has 0 radical (unpaired) electrons. The van der Waals surface area contributed by atoms with E-state index in [1.165, 1.54) is 5.56 Å². The quantitative estimate of drug-likeness (QED) is 0.764. The number of ether oxygens (including phenoxy) is 1. The molecule has 0 bridgehead atoms. The van der Waals surface area contributed by atoms with Gasteiger partial charge in [-0.25, -0.2) is 0 Å². The van der Waals surface area contributed by atoms with Crippen molar-refractivity contribution < 1.29 is 9.84 Å². The van der Waals surface area contributed by atoms with Crippen molar-refractivity contribution in [2.45, 2.75) is 19.3 Å². The first kappa shape index (κ1) is 11.3. The molecule has 1 aromatic rings. The monoisotopic (exact) mass is 214 g/mol. The molecule has 2 nitrogen and oxygen atoms in total. The van der Waals surface area contributed by atoms with Gasteiger partial charge in [-0.1, -0.05) is 17.7 Å². The maximum Gasteiger partial charge on any atom is 0.137 e. The number of hydrogen-bond donors (Lipinski definition) is 1. The Balaban J connectivity index is 2.57. The number of benzene rings is 1. The van der Waals surface area contributed by atoms with E-state index in [0.717, 1.165) is 19.3 Å². The zero-order chi connectivity index (χ0) is 10.4. The summed E-state index contributed by atoms with van der Waals surface area (Å²) in [4.78, 5) is 0. The highest BCUT2D eigenvalue weighted by atomic mass is 35.5. The fraction of sp³-hybridized carbons (Fsp3) is 0.455. The molecule has 0 fully saturated rings. The zero-order valence-corrected chi connectivity index (χ0v) is 9.05. The van der Waals surface area contributed by atoms with Gasteiger partial charge in [0, 0.05) is 6.61 Å². The number of aliphatic hydroxyl groups is 1. The van der Waals surface area contributed by atoms with Crippen LogP contribution in [-0.4, -0.2) is 18.8 Å². The van der Waals surface area contributed by atoms with Crippen LogP contribution in [-0.2, 0) is 6.42 Å². The molecular weight excluding hydrogens is 200 g/mol. The summed E-state index contributed by atoms with van der Waals surface area (Å²) in [5, 5.41) is 9.28. The highest BCUT2D eigenvalue weighted by Crippen LogP contribution is 2.25. The molecule has 0 aliphatic heterocycles. The maximum atomic E-state index is 8.63. The van der Waals surface area contributed by atoms with Crippen LogP contribution in [0.4, 0.5) is 0 Å². The molecule has 0 aromatic heterocycles. The zero-order valence-electron chi connectivity index (χ0n) is 8.29. The Bertz CT molecular complexity index is 287. The molecule has 14 heavy (non-hydrogen) atoms. The summed E-state index contributed by atoms with van der Waals surface area (Å²) in [5.41, 5.74) is 1.18. The summed E-state index contributed by atoms with van der Waals surface area (Å²) in [7, 11) is 1.60. The molecule has 0 aliphatic carbocycles. The van der Waals surface area contributed by atoms with Crippen molar-refractivity contribution in [1.29, 1.82) is 0 Å². The molecule has 0 atom stereocenters. The summed E-state index contributed by atoms with van der Waals surface area (Å²) in [6.07, 6.45) is 2.77. The predicted molar refractivity (Wildman–Crippen MR) is 58.0 cm³/mol. The lowest BCUT2D eigenvalue weighted by Crippen LogP contribution is -1.90. The first-order valence-corrected chi connectivity index (χ1v) is 5.09. The number of hydrogen-bond acceptors (Lipinski definition) is 2. The Kier molecular flexibility index (Phi) is 4.77. The first-order chi connectivity index (χ1) is 6.77. The standard InChI is InChI=1S/C11H15ClO2/c1-14-11-6-5-9(8-10(11)12)4-2-3-7-13/h5-6,8,13H,2-4,7H2,1H3. The Hall–Kier alpha value is -0.730. The van der Waals surface area contributed by atoms with Gasteiger partial charge in [-0.05, 0) is 37.0 Å². The van der Waals surface area contributed by atoms with Gasteiger partial charge >= 0.3 is 0 Å². The molecule has 78 valence electrons. The largest absolute Gasteiger partial charge is 0.495 e. The summed E-state index contributed by atoms with van der Waals surface area (Å²) < 4.78 is 5.05. The highest BCUT2D eigenvalue weighted by Gasteiger charge is 2.01. The average Bonchev–Trinajstić information content (AvgIpc) is 2.18. The van der Waals surface area contributed by atoms with E-state index < -0.39 is 0 Å². The van der Waals surface area contributed by atoms with E-state index in [2.05, 4.69) is 0 Å². The smallest absolute Gasteiger partial charge is 0.137 e. The second kappa shape index (κ2) is 5.89. The third-order valence-electron chi connectivity index (χ3n) is 2.09. The molecule has 0 saturated carbocycles. The van der Waals surface area contributed by atoms with Crippen LogP contribution in [0.25, 0.3) is 0 Å². The third kappa shape index (κ3) is 3.20. The Morgan fingerprint density at radius 3 is 2.71 bits per heavy atom. The van der Waals surface area contributed by atoms with Crippen LogP contribution in [0.1, 0.15) is 18.4 Å². The summed E-state index contributed by atoms with van der Waals surface area (Å²) in [5.74, 6) is 0.706. The Labute approximate surface area is 89.5 Å². The summed E-state index contributed by atoms with van der Waals surface area (Å²) in [6, 6.07) is 5.79. The lowest BCUT2D eigenvalue weighted by Gasteiger charge is -2.05. The predicted octanol–water partition coefficient (Wildman–Crippen LogP) is 2.66. The SMILES string of the molecule is COc1ccc(CCCCO)cc1Cl. The van der Waals surface area contributed by atoms with Gasteiger partial charge in [0.05, 0.1) is 12.1 Å². The second-order valence-corrected chi connectivity index (χ2v) is 3.56. The highest BCUT2D eigenvalue weighted by molar-refractivity contribution is 6.32. The van der Waals surface area contributed by atoms with E-state index in [-0.39, 0.29) is 6.61 Å². The molecular formula is C11H15ClO2. The van der Waals surface area contributed by atoms with Gasteiger partial charge in [-0.3, -0.25) is 0 Å². The Morgan fingerprint density at radius 1 is 1.36 bits per heavy atom. The molecule has 0 amide bonds. The normalized spacial score (nSPS) is 10.2. The van der Waals surface area contributed by atoms with Crippen LogP contribution in [0, 0.1) is 0 Å². The van der Waals surface area contributed by atoms with E-state index in [4.69, 9.17) is 21.4 Å². The van der Waals surface area contributed by atoms with E-state index in [0.29, 0.717) is 10.8 Å². The maximum absolute atomic E-state index is 8.63. The van der Waals surface area contributed by atoms with E-state index in [9.17, 15) is 0 Å². The molecule has 3 heteroatoms. The van der Waals surface area contributed by atoms with Crippen molar-refractivity contribution >= 4 is 11.6 Å². The van der Waals surface area contributed by atoms with Gasteiger partial charge in [-0.2, -0.15) is 0 Å². The van der Waals surface area contributed by atoms with Crippen LogP contribution >= 0.6 is 11.6 Å². The molecule has 0 aliphatic rings. The minimum atomic E-state index is 0.254. The summed E-state index contributed by atoms with van der Waals surface area (Å²) >= 11 is 5.97. The van der Waals surface area contributed by atoms with Gasteiger partial charge in [0.1, 0.15) is 5.75 Å². The van der Waals surface area contributed by atoms with Crippen molar-refractivity contribution in [2.24, 2.45) is 0 Å². The van der Waals surface area contributed by atoms with Crippen LogP contribution in [0.5, 0.6) is 5.75 Å². The van der Waals surface area contributed by atoms with Crippen molar-refractivity contribution in [3.8, 4) is 5.75 Å². The van der Waals surface area contributed by atoms with Gasteiger partial charge in [-0.15, -0.1) is 0 Å². The van der Waals surface area contributed by atoms with Crippen LogP contribution < -0.4 is 4.74 Å². The van der Waals surface area contributed by atoms with Crippen molar-refractivity contribution in [3.63, 3.8) is 0 Å². The van der Waals surface area contributed by atoms with Gasteiger partial charge < -0.3 is 9.84 Å². The fourth-order valence-corrected chi connectivity index (χ4v) is 1.59. The number of rotatable bonds is 5. The second-order valence-electron chi connectivity index (χ2n) is 3.15. The van der Waals surface area contributed by atoms with Crippen molar-refractivity contribution in [1.82, 2.24) is 0 Å². The van der Waals surface area contributed by atoms with Crippen LogP contribution in [0.15, 0.2) is 18.2 Å². The molecule has 1 N–H and O–H groups in total. The fourth-order valence-electron chi connectivity index (χ4n) is 1.31. The third-order valence-corrected chi connectivity index (χ3v) is 2.39. The lowest BCUT2D eigenvalue weighted by atomic mass is 10.1. The lowest BCUT2D eigenvalue weighted by molar-refractivity contribution is 0.284. The number of aryl methyl sites for hydroxylation is 1. The molecule has 0 spiro atoms. The van der Waals surface area contributed by atoms with Gasteiger partial charge in [0.25, 0.3) is 0 Å². The van der Waals surface area contributed by atoms with Crippen LogP contribution in [0.3, 0.4) is 0 Å². The van der Waals surface area contributed by atoms with Crippen molar-refractivity contribution in [2.75, 3.05) is 13.7 Å². The average molecular weight is 215 g/mol. The molecule has 0 saturated heterocycles.